The molecule has 2 heterocycles. The van der Waals surface area contributed by atoms with E-state index in [2.05, 4.69) is 20.6 Å². The van der Waals surface area contributed by atoms with Crippen LogP contribution in [0.15, 0.2) is 60.6 Å². The minimum absolute atomic E-state index is 0.0543. The van der Waals surface area contributed by atoms with Gasteiger partial charge >= 0.3 is 131 Å². The van der Waals surface area contributed by atoms with Gasteiger partial charge in [-0.15, -0.1) is 0 Å². The van der Waals surface area contributed by atoms with Gasteiger partial charge in [-0.25, -0.2) is 0 Å². The van der Waals surface area contributed by atoms with E-state index in [1.54, 1.807) is 17.3 Å². The molecule has 1 aliphatic rings. The summed E-state index contributed by atoms with van der Waals surface area (Å²) in [6.45, 7) is 0. The molecule has 2 aromatic rings. The van der Waals surface area contributed by atoms with Crippen molar-refractivity contribution in [3.8, 4) is 0 Å². The number of carbonyl (C=O) groups excluding carboxylic acids is 1. The molecule has 1 aromatic heterocycles. The first-order valence-corrected chi connectivity index (χ1v) is 7.33. The molecule has 3 rings (SSSR count). The Bertz CT molecular complexity index is 713. The quantitative estimate of drug-likeness (QED) is 0.615. The third kappa shape index (κ3) is 2.53. The third-order valence-corrected chi connectivity index (χ3v) is 4.22. The van der Waals surface area contributed by atoms with Crippen molar-refractivity contribution < 1.29 is 4.79 Å². The average molecular weight is 342 g/mol. The van der Waals surface area contributed by atoms with Crippen molar-refractivity contribution in [1.82, 2.24) is 9.88 Å². The molecule has 0 spiro atoms. The van der Waals surface area contributed by atoms with Gasteiger partial charge in [-0.3, -0.25) is 0 Å². The Morgan fingerprint density at radius 3 is 2.57 bits per heavy atom. The number of amides is 1. The van der Waals surface area contributed by atoms with Crippen LogP contribution in [-0.4, -0.2) is 43.1 Å². The fourth-order valence-corrected chi connectivity index (χ4v) is 2.78. The van der Waals surface area contributed by atoms with Crippen LogP contribution in [0.3, 0.4) is 0 Å². The van der Waals surface area contributed by atoms with Crippen LogP contribution in [0.5, 0.6) is 0 Å². The van der Waals surface area contributed by atoms with E-state index < -0.39 is 0 Å². The fraction of sp³-hybridized carbons (Fsp3) is 0.0625. The van der Waals surface area contributed by atoms with E-state index >= 15 is 0 Å². The Balaban J connectivity index is 2.00. The molecule has 0 atom stereocenters. The molecule has 4 nitrogen and oxygen atoms in total. The van der Waals surface area contributed by atoms with Crippen LogP contribution in [0, 0.1) is 0 Å². The van der Waals surface area contributed by atoms with E-state index in [4.69, 9.17) is 0 Å². The van der Waals surface area contributed by atoms with Gasteiger partial charge in [0.2, 0.25) is 0 Å². The molecular formula is C16H13N3OSe. The zero-order valence-corrected chi connectivity index (χ0v) is 13.1. The first kappa shape index (κ1) is 13.7. The molecule has 1 saturated heterocycles. The van der Waals surface area contributed by atoms with E-state index in [-0.39, 0.29) is 5.91 Å². The van der Waals surface area contributed by atoms with Crippen LogP contribution in [0.2, 0.25) is 0 Å². The van der Waals surface area contributed by atoms with Crippen LogP contribution in [0.1, 0.15) is 5.56 Å². The van der Waals surface area contributed by atoms with Gasteiger partial charge in [0.25, 0.3) is 0 Å². The normalized spacial score (nSPS) is 16.9. The predicted molar refractivity (Wildman–Crippen MR) is 84.7 cm³/mol. The first-order valence-electron chi connectivity index (χ1n) is 6.47. The standard InChI is InChI=1S/C16H13N3OSe/c1-18-14(10-12-6-5-9-17-11-12)15(20)19(16(18)21)13-7-3-2-4-8-13/h2-11H,1H3. The molecule has 1 aromatic carbocycles. The van der Waals surface area contributed by atoms with Crippen molar-refractivity contribution in [3.05, 3.63) is 66.1 Å². The second-order valence-corrected chi connectivity index (χ2v) is 5.40. The molecule has 0 bridgehead atoms. The number of para-hydroxylation sites is 1. The van der Waals surface area contributed by atoms with Crippen molar-refractivity contribution >= 4 is 37.9 Å². The summed E-state index contributed by atoms with van der Waals surface area (Å²) in [7, 11) is 1.87. The maximum absolute atomic E-state index is 12.7. The molecule has 1 amide bonds. The molecular weight excluding hydrogens is 329 g/mol. The van der Waals surface area contributed by atoms with Gasteiger partial charge in [-0.1, -0.05) is 0 Å². The summed E-state index contributed by atoms with van der Waals surface area (Å²) < 4.78 is 0.765. The van der Waals surface area contributed by atoms with E-state index in [0.717, 1.165) is 15.9 Å². The van der Waals surface area contributed by atoms with E-state index in [1.807, 2.05) is 60.5 Å². The molecule has 21 heavy (non-hydrogen) atoms. The number of aromatic nitrogens is 1. The number of likely N-dealkylation sites (N-methyl/N-ethyl adjacent to an activating group) is 1. The number of hydrogen-bond acceptors (Lipinski definition) is 3. The van der Waals surface area contributed by atoms with Crippen molar-refractivity contribution in [2.24, 2.45) is 0 Å². The fourth-order valence-electron chi connectivity index (χ4n) is 2.18. The summed E-state index contributed by atoms with van der Waals surface area (Å²) in [6.07, 6.45) is 5.29. The van der Waals surface area contributed by atoms with Crippen LogP contribution < -0.4 is 4.90 Å². The average Bonchev–Trinajstić information content (AvgIpc) is 2.73. The summed E-state index contributed by atoms with van der Waals surface area (Å²) in [6, 6.07) is 13.4. The van der Waals surface area contributed by atoms with E-state index in [0.29, 0.717) is 5.70 Å². The molecule has 0 radical (unpaired) electrons. The Hall–Kier alpha value is -2.23. The molecule has 5 heteroatoms. The minimum atomic E-state index is -0.0543. The summed E-state index contributed by atoms with van der Waals surface area (Å²) in [5, 5.41) is 0. The van der Waals surface area contributed by atoms with Gasteiger partial charge in [0.15, 0.2) is 0 Å². The Morgan fingerprint density at radius 1 is 1.14 bits per heavy atom. The van der Waals surface area contributed by atoms with E-state index in [9.17, 15) is 4.79 Å². The van der Waals surface area contributed by atoms with Crippen molar-refractivity contribution in [3.63, 3.8) is 0 Å². The topological polar surface area (TPSA) is 36.4 Å². The number of anilines is 1. The summed E-state index contributed by atoms with van der Waals surface area (Å²) in [5.41, 5.74) is 2.36. The molecule has 0 N–H and O–H groups in total. The predicted octanol–water partition coefficient (Wildman–Crippen LogP) is 1.66. The van der Waals surface area contributed by atoms with Gasteiger partial charge in [-0.2, -0.15) is 0 Å². The summed E-state index contributed by atoms with van der Waals surface area (Å²) >= 11 is 2.97. The van der Waals surface area contributed by atoms with Crippen molar-refractivity contribution in [2.75, 3.05) is 11.9 Å². The van der Waals surface area contributed by atoms with Crippen molar-refractivity contribution in [1.29, 1.82) is 0 Å². The monoisotopic (exact) mass is 343 g/mol. The maximum atomic E-state index is 12.7. The van der Waals surface area contributed by atoms with Gasteiger partial charge in [0.1, 0.15) is 0 Å². The van der Waals surface area contributed by atoms with Gasteiger partial charge in [0, 0.05) is 0 Å². The third-order valence-electron chi connectivity index (χ3n) is 3.26. The number of hydrogen-bond donors (Lipinski definition) is 0. The number of pyridine rings is 1. The number of nitrogens with zero attached hydrogens (tertiary/aromatic N) is 3. The number of carbonyl (C=O) groups is 1. The Morgan fingerprint density at radius 2 is 1.90 bits per heavy atom. The summed E-state index contributed by atoms with van der Waals surface area (Å²) in [5.74, 6) is -0.0543. The second kappa shape index (κ2) is 5.64. The number of benzene rings is 1. The summed E-state index contributed by atoms with van der Waals surface area (Å²) in [4.78, 5) is 20.3. The van der Waals surface area contributed by atoms with Crippen LogP contribution >= 0.6 is 0 Å². The van der Waals surface area contributed by atoms with E-state index in [1.165, 1.54) is 0 Å². The Labute approximate surface area is 131 Å². The SMILES string of the molecule is CN1C(=[Se])N(c2ccccc2)C(=O)C1=Cc1cccnc1. The van der Waals surface area contributed by atoms with Crippen molar-refractivity contribution in [2.45, 2.75) is 0 Å². The van der Waals surface area contributed by atoms with Gasteiger partial charge in [-0.05, 0) is 0 Å². The zero-order valence-electron chi connectivity index (χ0n) is 11.4. The molecule has 1 aliphatic heterocycles. The molecule has 0 unspecified atom stereocenters. The van der Waals surface area contributed by atoms with Gasteiger partial charge in [0.05, 0.1) is 0 Å². The first-order chi connectivity index (χ1) is 10.2. The van der Waals surface area contributed by atoms with Crippen LogP contribution in [-0.2, 0) is 4.79 Å². The van der Waals surface area contributed by atoms with Gasteiger partial charge < -0.3 is 0 Å². The zero-order chi connectivity index (χ0) is 14.8. The molecule has 104 valence electrons. The number of rotatable bonds is 2. The molecule has 0 aliphatic carbocycles. The molecule has 0 saturated carbocycles. The molecule has 1 fully saturated rings. The Kier molecular flexibility index (Phi) is 3.69. The van der Waals surface area contributed by atoms with Crippen LogP contribution in [0.25, 0.3) is 6.08 Å². The second-order valence-electron chi connectivity index (χ2n) is 4.63. The van der Waals surface area contributed by atoms with Crippen LogP contribution in [0.4, 0.5) is 5.69 Å².